The second-order valence-electron chi connectivity index (χ2n) is 2.50. The molecule has 0 heterocycles. The SMILES string of the molecule is CN[C-]=[NH+]C.CN[C-]=[NH+]C.CN[C-]=[NH+]C.CN[C-]=[NH+]C.[Au+].[Au+].[Br-].[Br-].[OH3+].[OH3+]. The fraction of sp³-hybridized carbons (Fsp3) is 0.667. The monoisotopic (exact) mass is 878 g/mol. The molecule has 0 rings (SSSR count). The summed E-state index contributed by atoms with van der Waals surface area (Å²) in [6.45, 7) is 0. The van der Waals surface area contributed by atoms with E-state index in [1.54, 1.807) is 56.4 Å². The molecule has 0 saturated heterocycles. The van der Waals surface area contributed by atoms with Crippen LogP contribution in [0.5, 0.6) is 0 Å². The van der Waals surface area contributed by atoms with Crippen LogP contribution in [0.1, 0.15) is 0 Å². The van der Waals surface area contributed by atoms with Crippen LogP contribution in [-0.2, 0) is 55.7 Å². The molecule has 0 atom stereocenters. The van der Waals surface area contributed by atoms with E-state index in [-0.39, 0.29) is 89.7 Å². The van der Waals surface area contributed by atoms with Crippen LogP contribution in [0.15, 0.2) is 0 Å². The minimum absolute atomic E-state index is 0. The minimum atomic E-state index is 0. The summed E-state index contributed by atoms with van der Waals surface area (Å²) in [5.41, 5.74) is 0. The number of rotatable bonds is 4. The van der Waals surface area contributed by atoms with Crippen molar-refractivity contribution in [3.8, 4) is 0 Å². The smallest absolute Gasteiger partial charge is 1.00 e. The standard InChI is InChI=1S/4C3H8N2.2Au.2BrH.2H2O/c4*1-4-3-5-2;;;;;;/h4*4-5H,1-2H3;;;2*1H;2*1H2/q;;;;2*+1;;;;. The van der Waals surface area contributed by atoms with Crippen molar-refractivity contribution >= 4 is 25.4 Å². The van der Waals surface area contributed by atoms with Crippen molar-refractivity contribution in [2.45, 2.75) is 0 Å². The zero-order valence-corrected chi connectivity index (χ0v) is 24.0. The Kier molecular flexibility index (Phi) is 241. The van der Waals surface area contributed by atoms with E-state index in [1.807, 2.05) is 0 Å². The molecule has 0 amide bonds. The van der Waals surface area contributed by atoms with Gasteiger partial charge in [-0.15, -0.1) is 25.4 Å². The van der Waals surface area contributed by atoms with Crippen LogP contribution in [0.25, 0.3) is 0 Å². The summed E-state index contributed by atoms with van der Waals surface area (Å²) in [5, 5.41) is 10.6. The van der Waals surface area contributed by atoms with Crippen LogP contribution < -0.4 is 75.2 Å². The molecule has 26 heavy (non-hydrogen) atoms. The molecule has 10 nitrogen and oxygen atoms in total. The van der Waals surface area contributed by atoms with E-state index in [4.69, 9.17) is 0 Å². The Hall–Kier alpha value is 0.241. The van der Waals surface area contributed by atoms with Gasteiger partial charge in [-0.2, -0.15) is 0 Å². The summed E-state index contributed by atoms with van der Waals surface area (Å²) in [6, 6.07) is 0. The van der Waals surface area contributed by atoms with Crippen LogP contribution in [0.2, 0.25) is 0 Å². The number of hydrogen-bond acceptors (Lipinski definition) is 0. The van der Waals surface area contributed by atoms with Crippen molar-refractivity contribution in [1.82, 2.24) is 21.3 Å². The molecule has 0 aliphatic carbocycles. The Bertz CT molecular complexity index is 205. The van der Waals surface area contributed by atoms with Gasteiger partial charge in [0.25, 0.3) is 0 Å². The van der Waals surface area contributed by atoms with Crippen molar-refractivity contribution in [3.63, 3.8) is 0 Å². The van der Waals surface area contributed by atoms with Crippen molar-refractivity contribution in [2.75, 3.05) is 56.4 Å². The molecular weight excluding hydrogens is 842 g/mol. The third-order valence-electron chi connectivity index (χ3n) is 1.00. The molecule has 0 aromatic carbocycles. The van der Waals surface area contributed by atoms with Gasteiger partial charge < -0.3 is 86.2 Å². The van der Waals surface area contributed by atoms with Crippen molar-refractivity contribution < 1.29 is 110 Å². The first-order chi connectivity index (χ1) is 9.66. The van der Waals surface area contributed by atoms with E-state index in [9.17, 15) is 0 Å². The summed E-state index contributed by atoms with van der Waals surface area (Å²) in [5.74, 6) is 0. The molecule has 0 aromatic heterocycles. The van der Waals surface area contributed by atoms with Crippen LogP contribution in [0.3, 0.4) is 0 Å². The fourth-order valence-electron chi connectivity index (χ4n) is 0.500. The molecule has 14 heteroatoms. The van der Waals surface area contributed by atoms with Gasteiger partial charge in [0.1, 0.15) is 0 Å². The molecule has 0 radical (unpaired) electrons. The van der Waals surface area contributed by atoms with Crippen LogP contribution in [0, 0.1) is 0 Å². The molecule has 0 saturated carbocycles. The Balaban J connectivity index is -0.0000000152. The summed E-state index contributed by atoms with van der Waals surface area (Å²) in [7, 11) is 14.3. The van der Waals surface area contributed by atoms with Gasteiger partial charge in [0.05, 0.1) is 0 Å². The second kappa shape index (κ2) is 99.0. The Labute approximate surface area is 211 Å². The van der Waals surface area contributed by atoms with Crippen LogP contribution >= 0.6 is 0 Å². The normalized spacial score (nSPS) is 7.08. The van der Waals surface area contributed by atoms with Crippen LogP contribution in [0.4, 0.5) is 0 Å². The van der Waals surface area contributed by atoms with Crippen LogP contribution in [-0.4, -0.2) is 81.7 Å². The topological polar surface area (TPSA) is 170 Å². The van der Waals surface area contributed by atoms with E-state index in [2.05, 4.69) is 66.6 Å². The van der Waals surface area contributed by atoms with E-state index < -0.39 is 0 Å². The summed E-state index contributed by atoms with van der Waals surface area (Å²) in [4.78, 5) is 10.6. The maximum atomic E-state index is 2.66. The van der Waals surface area contributed by atoms with E-state index in [1.165, 1.54) is 0 Å². The Morgan fingerprint density at radius 3 is 0.577 bits per heavy atom. The first-order valence-corrected chi connectivity index (χ1v) is 6.00. The molecule has 0 aromatic rings. The Morgan fingerprint density at radius 1 is 0.462 bits per heavy atom. The van der Waals surface area contributed by atoms with E-state index in [0.29, 0.717) is 0 Å². The van der Waals surface area contributed by atoms with Gasteiger partial charge in [-0.25, -0.2) is 0 Å². The fourth-order valence-corrected chi connectivity index (χ4v) is 0.500. The maximum absolute atomic E-state index is 2.66. The summed E-state index contributed by atoms with van der Waals surface area (Å²) in [6.07, 6.45) is 10.4. The summed E-state index contributed by atoms with van der Waals surface area (Å²) >= 11 is 0. The first kappa shape index (κ1) is 63.4. The predicted octanol–water partition coefficient (Wildman–Crippen LogP) is -16.6. The third kappa shape index (κ3) is 193. The van der Waals surface area contributed by atoms with E-state index in [0.717, 1.165) is 0 Å². The Morgan fingerprint density at radius 2 is 0.577 bits per heavy atom. The first-order valence-electron chi connectivity index (χ1n) is 6.00. The van der Waals surface area contributed by atoms with Gasteiger partial charge in [-0.05, 0) is 0 Å². The van der Waals surface area contributed by atoms with E-state index >= 15 is 0 Å². The van der Waals surface area contributed by atoms with Gasteiger partial charge in [-0.1, -0.05) is 0 Å². The van der Waals surface area contributed by atoms with Gasteiger partial charge in [-0.3, -0.25) is 0 Å². The third-order valence-corrected chi connectivity index (χ3v) is 1.00. The maximum Gasteiger partial charge on any atom is 1.00 e. The zero-order valence-electron chi connectivity index (χ0n) is 16.5. The number of halogens is 2. The predicted molar refractivity (Wildman–Crippen MR) is 93.6 cm³/mol. The number of hydrogen-bond donors (Lipinski definition) is 8. The molecule has 0 aliphatic heterocycles. The largest absolute Gasteiger partial charge is 1.00 e. The molecular formula is C12H38Au2Br2N8O2+2. The molecule has 0 bridgehead atoms. The van der Waals surface area contributed by atoms with Gasteiger partial charge in [0.15, 0.2) is 0 Å². The van der Waals surface area contributed by atoms with Gasteiger partial charge in [0, 0.05) is 56.4 Å². The quantitative estimate of drug-likeness (QED) is 0.0351. The second-order valence-corrected chi connectivity index (χ2v) is 2.50. The number of nitrogens with one attached hydrogen (secondary N) is 8. The molecule has 0 unspecified atom stereocenters. The minimum Gasteiger partial charge on any atom is -1.00 e. The van der Waals surface area contributed by atoms with Crippen molar-refractivity contribution in [3.05, 3.63) is 0 Å². The van der Waals surface area contributed by atoms with Crippen molar-refractivity contribution in [1.29, 1.82) is 0 Å². The molecule has 0 spiro atoms. The van der Waals surface area contributed by atoms with Gasteiger partial charge in [0.2, 0.25) is 0 Å². The van der Waals surface area contributed by atoms with Gasteiger partial charge >= 0.3 is 44.8 Å². The summed E-state index contributed by atoms with van der Waals surface area (Å²) < 4.78 is 0. The average Bonchev–Trinajstić information content (AvgIpc) is 2.44. The average molecular weight is 880 g/mol. The molecule has 14 N–H and O–H groups in total. The molecule has 172 valence electrons. The molecule has 0 aliphatic rings. The van der Waals surface area contributed by atoms with Crippen molar-refractivity contribution in [2.24, 2.45) is 0 Å². The zero-order chi connectivity index (χ0) is 16.5. The molecule has 0 fully saturated rings.